The second-order valence-electron chi connectivity index (χ2n) is 6.70. The highest BCUT2D eigenvalue weighted by Gasteiger charge is 2.54. The first-order valence-corrected chi connectivity index (χ1v) is 8.26. The van der Waals surface area contributed by atoms with Crippen LogP contribution in [0.4, 0.5) is 0 Å². The maximum Gasteiger partial charge on any atom is 0.341 e. The number of hydrogen-bond acceptors (Lipinski definition) is 8. The molecule has 3 N–H and O–H groups in total. The molecule has 0 aliphatic heterocycles. The number of carbonyl (C=O) groups excluding carboxylic acids is 2. The van der Waals surface area contributed by atoms with Crippen LogP contribution in [0.2, 0.25) is 0 Å². The van der Waals surface area contributed by atoms with Crippen molar-refractivity contribution in [3.63, 3.8) is 0 Å². The van der Waals surface area contributed by atoms with Gasteiger partial charge >= 0.3 is 5.97 Å². The smallest absolute Gasteiger partial charge is 0.341 e. The molecule has 8 nitrogen and oxygen atoms in total. The van der Waals surface area contributed by atoms with E-state index in [2.05, 4.69) is 0 Å². The van der Waals surface area contributed by atoms with Gasteiger partial charge in [0.15, 0.2) is 6.10 Å². The minimum atomic E-state index is -1.63. The number of aromatic hydroxyl groups is 1. The predicted octanol–water partition coefficient (Wildman–Crippen LogP) is 1.72. The number of esters is 1. The molecule has 148 valence electrons. The zero-order chi connectivity index (χ0) is 20.7. The second kappa shape index (κ2) is 7.21. The van der Waals surface area contributed by atoms with Crippen LogP contribution in [-0.2, 0) is 14.3 Å². The van der Waals surface area contributed by atoms with Gasteiger partial charge in [0, 0.05) is 18.2 Å². The lowest BCUT2D eigenvalue weighted by molar-refractivity contribution is -0.165. The van der Waals surface area contributed by atoms with Crippen molar-refractivity contribution in [2.24, 2.45) is 0 Å². The number of aliphatic hydroxyl groups is 2. The van der Waals surface area contributed by atoms with Crippen molar-refractivity contribution in [1.29, 1.82) is 0 Å². The van der Waals surface area contributed by atoms with Crippen LogP contribution in [-0.4, -0.2) is 59.1 Å². The number of ketones is 1. The highest BCUT2D eigenvalue weighted by atomic mass is 16.6. The average Bonchev–Trinajstić information content (AvgIpc) is 2.65. The third kappa shape index (κ3) is 3.15. The highest BCUT2D eigenvalue weighted by molar-refractivity contribution is 6.02. The lowest BCUT2D eigenvalue weighted by Gasteiger charge is -2.42. The summed E-state index contributed by atoms with van der Waals surface area (Å²) in [6.45, 7) is 5.87. The number of phenolic OH excluding ortho intramolecular Hbond substituents is 1. The number of benzene rings is 1. The number of rotatable bonds is 4. The Hall–Kier alpha value is -2.58. The van der Waals surface area contributed by atoms with Gasteiger partial charge < -0.3 is 29.5 Å². The third-order valence-corrected chi connectivity index (χ3v) is 5.08. The quantitative estimate of drug-likeness (QED) is 0.675. The maximum absolute atomic E-state index is 12.8. The largest absolute Gasteiger partial charge is 0.509 e. The molecule has 0 aromatic heterocycles. The van der Waals surface area contributed by atoms with E-state index in [1.165, 1.54) is 41.1 Å². The number of methoxy groups -OCH3 is 2. The van der Waals surface area contributed by atoms with Crippen molar-refractivity contribution in [1.82, 2.24) is 0 Å². The molecule has 0 spiro atoms. The van der Waals surface area contributed by atoms with Gasteiger partial charge in [-0.25, -0.2) is 4.79 Å². The molecule has 2 rings (SSSR count). The summed E-state index contributed by atoms with van der Waals surface area (Å²) in [4.78, 5) is 25.0. The van der Waals surface area contributed by atoms with Crippen molar-refractivity contribution in [3.05, 3.63) is 34.1 Å². The zero-order valence-electron chi connectivity index (χ0n) is 16.1. The van der Waals surface area contributed by atoms with Crippen LogP contribution in [0.15, 0.2) is 17.4 Å². The van der Waals surface area contributed by atoms with E-state index in [1.54, 1.807) is 6.92 Å². The third-order valence-electron chi connectivity index (χ3n) is 5.08. The fourth-order valence-electron chi connectivity index (χ4n) is 3.08. The van der Waals surface area contributed by atoms with Gasteiger partial charge in [-0.1, -0.05) is 0 Å². The standard InChI is InChI=1S/C19H24O8/c1-8-7-11(20)9(2)15(12(8)18(24)25-5)27-17-14(22)10(3)13(21)16(23)19(17,4)26-6/h7,16-17,20-21,23H,1-6H3. The number of aryl methyl sites for hydroxylation is 1. The Morgan fingerprint density at radius 2 is 1.78 bits per heavy atom. The fraction of sp³-hybridized carbons (Fsp3) is 0.474. The summed E-state index contributed by atoms with van der Waals surface area (Å²) in [5.74, 6) is -2.00. The van der Waals surface area contributed by atoms with Gasteiger partial charge in [-0.15, -0.1) is 0 Å². The molecule has 0 fully saturated rings. The van der Waals surface area contributed by atoms with Gasteiger partial charge in [0.05, 0.1) is 7.11 Å². The molecule has 1 aromatic carbocycles. The summed E-state index contributed by atoms with van der Waals surface area (Å²) in [5, 5.41) is 30.6. The number of Topliss-reactive ketones (excluding diaryl/α,β-unsaturated/α-hetero) is 1. The van der Waals surface area contributed by atoms with Crippen molar-refractivity contribution < 1.29 is 39.1 Å². The van der Waals surface area contributed by atoms with Crippen LogP contribution >= 0.6 is 0 Å². The minimum Gasteiger partial charge on any atom is -0.509 e. The van der Waals surface area contributed by atoms with Crippen LogP contribution in [0.1, 0.15) is 35.3 Å². The van der Waals surface area contributed by atoms with Gasteiger partial charge in [-0.2, -0.15) is 0 Å². The Morgan fingerprint density at radius 3 is 2.30 bits per heavy atom. The predicted molar refractivity (Wildman–Crippen MR) is 95.1 cm³/mol. The molecular formula is C19H24O8. The number of aliphatic hydroxyl groups excluding tert-OH is 2. The molecule has 0 saturated carbocycles. The van der Waals surface area contributed by atoms with E-state index in [-0.39, 0.29) is 28.2 Å². The van der Waals surface area contributed by atoms with E-state index in [0.29, 0.717) is 5.56 Å². The normalized spacial score (nSPS) is 25.5. The lowest BCUT2D eigenvalue weighted by atomic mass is 9.79. The number of ether oxygens (including phenoxy) is 3. The summed E-state index contributed by atoms with van der Waals surface area (Å²) in [6, 6.07) is 1.39. The molecule has 8 heteroatoms. The van der Waals surface area contributed by atoms with Crippen LogP contribution in [0, 0.1) is 13.8 Å². The minimum absolute atomic E-state index is 0.0463. The highest BCUT2D eigenvalue weighted by Crippen LogP contribution is 2.40. The van der Waals surface area contributed by atoms with Crippen LogP contribution in [0.5, 0.6) is 11.5 Å². The number of hydrogen-bond donors (Lipinski definition) is 3. The molecule has 3 unspecified atom stereocenters. The van der Waals surface area contributed by atoms with E-state index in [1.807, 2.05) is 0 Å². The SMILES string of the molecule is COC(=O)c1c(C)cc(O)c(C)c1OC1C(=O)C(C)=C(O)C(O)C1(C)OC. The Bertz CT molecular complexity index is 825. The summed E-state index contributed by atoms with van der Waals surface area (Å²) in [6.07, 6.45) is -2.90. The van der Waals surface area contributed by atoms with Crippen LogP contribution < -0.4 is 4.74 Å². The first kappa shape index (κ1) is 20.7. The van der Waals surface area contributed by atoms with Crippen molar-refractivity contribution in [2.75, 3.05) is 14.2 Å². The molecule has 0 saturated heterocycles. The van der Waals surface area contributed by atoms with Crippen molar-refractivity contribution >= 4 is 11.8 Å². The van der Waals surface area contributed by atoms with E-state index >= 15 is 0 Å². The Kier molecular flexibility index (Phi) is 5.53. The van der Waals surface area contributed by atoms with Gasteiger partial charge in [0.25, 0.3) is 0 Å². The molecule has 0 heterocycles. The maximum atomic E-state index is 12.8. The van der Waals surface area contributed by atoms with E-state index in [4.69, 9.17) is 14.2 Å². The summed E-state index contributed by atoms with van der Waals surface area (Å²) in [7, 11) is 2.47. The second-order valence-corrected chi connectivity index (χ2v) is 6.70. The Labute approximate surface area is 157 Å². The molecule has 1 aliphatic carbocycles. The summed E-state index contributed by atoms with van der Waals surface area (Å²) in [5.41, 5.74) is -1.04. The Morgan fingerprint density at radius 1 is 1.19 bits per heavy atom. The first-order chi connectivity index (χ1) is 12.5. The lowest BCUT2D eigenvalue weighted by Crippen LogP contribution is -2.61. The van der Waals surface area contributed by atoms with Crippen LogP contribution in [0.3, 0.4) is 0 Å². The molecule has 27 heavy (non-hydrogen) atoms. The molecule has 0 bridgehead atoms. The van der Waals surface area contributed by atoms with Gasteiger partial charge in [0.1, 0.15) is 34.5 Å². The molecule has 1 aliphatic rings. The van der Waals surface area contributed by atoms with E-state index in [0.717, 1.165) is 0 Å². The van der Waals surface area contributed by atoms with Crippen molar-refractivity contribution in [2.45, 2.75) is 45.5 Å². The van der Waals surface area contributed by atoms with Crippen molar-refractivity contribution in [3.8, 4) is 11.5 Å². The van der Waals surface area contributed by atoms with Gasteiger partial charge in [0.2, 0.25) is 5.78 Å². The van der Waals surface area contributed by atoms with Crippen LogP contribution in [0.25, 0.3) is 0 Å². The molecule has 0 radical (unpaired) electrons. The molecule has 3 atom stereocenters. The summed E-state index contributed by atoms with van der Waals surface area (Å²) < 4.78 is 16.0. The van der Waals surface area contributed by atoms with E-state index < -0.39 is 35.3 Å². The zero-order valence-corrected chi connectivity index (χ0v) is 16.1. The average molecular weight is 380 g/mol. The van der Waals surface area contributed by atoms with Gasteiger partial charge in [-0.3, -0.25) is 4.79 Å². The fourth-order valence-corrected chi connectivity index (χ4v) is 3.08. The number of phenols is 1. The monoisotopic (exact) mass is 380 g/mol. The first-order valence-electron chi connectivity index (χ1n) is 8.26. The molecule has 1 aromatic rings. The number of carbonyl (C=O) groups is 2. The molecule has 0 amide bonds. The van der Waals surface area contributed by atoms with Gasteiger partial charge in [-0.05, 0) is 39.3 Å². The summed E-state index contributed by atoms with van der Waals surface area (Å²) >= 11 is 0. The molecular weight excluding hydrogens is 356 g/mol. The topological polar surface area (TPSA) is 123 Å². The Balaban J connectivity index is 2.68. The van der Waals surface area contributed by atoms with E-state index in [9.17, 15) is 24.9 Å².